The fourth-order valence-electron chi connectivity index (χ4n) is 0.554. The summed E-state index contributed by atoms with van der Waals surface area (Å²) < 4.78 is 18.3. The number of nitrogens with zero attached hydrogens (tertiary/aromatic N) is 2. The highest BCUT2D eigenvalue weighted by Crippen LogP contribution is 2.49. The van der Waals surface area contributed by atoms with Crippen molar-refractivity contribution in [3.05, 3.63) is 0 Å². The van der Waals surface area contributed by atoms with Gasteiger partial charge in [0.2, 0.25) is 0 Å². The second-order valence-corrected chi connectivity index (χ2v) is 5.77. The minimum atomic E-state index is -3.24. The molecule has 0 aromatic carbocycles. The minimum Gasteiger partial charge on any atom is -0.304 e. The van der Waals surface area contributed by atoms with Gasteiger partial charge in [-0.3, -0.25) is 4.57 Å². The molecular formula is C8H17N2O2P. The Hall–Kier alpha value is -0.360. The van der Waals surface area contributed by atoms with Crippen LogP contribution in [0.15, 0.2) is 0 Å². The monoisotopic (exact) mass is 204 g/mol. The van der Waals surface area contributed by atoms with Crippen molar-refractivity contribution in [1.29, 1.82) is 5.26 Å². The van der Waals surface area contributed by atoms with E-state index < -0.39 is 7.52 Å². The summed E-state index contributed by atoms with van der Waals surface area (Å²) in [6.07, 6.45) is -0.173. The molecule has 4 nitrogen and oxygen atoms in total. The Labute approximate surface area is 80.0 Å². The van der Waals surface area contributed by atoms with Crippen molar-refractivity contribution in [3.63, 3.8) is 0 Å². The maximum atomic E-state index is 11.7. The van der Waals surface area contributed by atoms with Gasteiger partial charge in [-0.15, -0.1) is 0 Å². The zero-order valence-electron chi connectivity index (χ0n) is 8.81. The molecule has 0 spiro atoms. The molecule has 2 atom stereocenters. The van der Waals surface area contributed by atoms with Gasteiger partial charge < -0.3 is 4.52 Å². The molecule has 0 N–H and O–H groups in total. The maximum absolute atomic E-state index is 11.7. The largest absolute Gasteiger partial charge is 0.370 e. The zero-order chi connectivity index (χ0) is 10.6. The summed E-state index contributed by atoms with van der Waals surface area (Å²) in [6.45, 7) is 5.74. The molecule has 0 aromatic rings. The highest BCUT2D eigenvalue weighted by atomic mass is 31.2. The fourth-order valence-corrected chi connectivity index (χ4v) is 1.66. The molecule has 0 heterocycles. The van der Waals surface area contributed by atoms with E-state index in [1.165, 1.54) is 4.67 Å². The van der Waals surface area contributed by atoms with Gasteiger partial charge in [0, 0.05) is 0 Å². The number of hydrogen-bond acceptors (Lipinski definition) is 3. The molecular weight excluding hydrogens is 187 g/mol. The van der Waals surface area contributed by atoms with Crippen LogP contribution < -0.4 is 0 Å². The summed E-state index contributed by atoms with van der Waals surface area (Å²) in [5.74, 6) is 1.97. The van der Waals surface area contributed by atoms with Gasteiger partial charge in [0.05, 0.1) is 6.10 Å². The highest BCUT2D eigenvalue weighted by Gasteiger charge is 2.29. The molecule has 0 amide bonds. The lowest BCUT2D eigenvalue weighted by molar-refractivity contribution is 0.163. The number of nitriles is 1. The first-order chi connectivity index (χ1) is 5.83. The Kier molecular flexibility index (Phi) is 4.63. The van der Waals surface area contributed by atoms with E-state index in [1.807, 2.05) is 20.8 Å². The SMILES string of the molecule is CC(C)C(C)OP(=O)(C#N)N(C)C. The van der Waals surface area contributed by atoms with Gasteiger partial charge in [0.1, 0.15) is 0 Å². The van der Waals surface area contributed by atoms with Crippen LogP contribution in [0.5, 0.6) is 0 Å². The average Bonchev–Trinajstić information content (AvgIpc) is 2.03. The third-order valence-corrected chi connectivity index (χ3v) is 3.83. The Morgan fingerprint density at radius 2 is 1.85 bits per heavy atom. The van der Waals surface area contributed by atoms with Crippen molar-refractivity contribution in [1.82, 2.24) is 4.67 Å². The van der Waals surface area contributed by atoms with E-state index in [-0.39, 0.29) is 12.0 Å². The summed E-state index contributed by atoms with van der Waals surface area (Å²) in [6, 6.07) is 0. The second-order valence-electron chi connectivity index (χ2n) is 3.52. The third kappa shape index (κ3) is 3.48. The van der Waals surface area contributed by atoms with E-state index in [2.05, 4.69) is 0 Å². The van der Waals surface area contributed by atoms with Gasteiger partial charge in [-0.05, 0) is 26.9 Å². The molecule has 0 fully saturated rings. The molecule has 0 saturated carbocycles. The normalized spacial score (nSPS) is 18.3. The van der Waals surface area contributed by atoms with Gasteiger partial charge in [-0.25, -0.2) is 4.67 Å². The smallest absolute Gasteiger partial charge is 0.304 e. The minimum absolute atomic E-state index is 0.173. The molecule has 2 unspecified atom stereocenters. The molecule has 0 aromatic heterocycles. The molecule has 0 bridgehead atoms. The summed E-state index contributed by atoms with van der Waals surface area (Å²) in [5, 5.41) is 8.71. The van der Waals surface area contributed by atoms with Crippen molar-refractivity contribution in [2.75, 3.05) is 14.1 Å². The van der Waals surface area contributed by atoms with E-state index in [0.717, 1.165) is 0 Å². The quantitative estimate of drug-likeness (QED) is 0.659. The standard InChI is InChI=1S/C8H17N2O2P/c1-7(2)8(3)12-13(11,6-9)10(4)5/h7-8H,1-5H3. The van der Waals surface area contributed by atoms with Crippen molar-refractivity contribution < 1.29 is 9.09 Å². The van der Waals surface area contributed by atoms with Crippen LogP contribution in [0.2, 0.25) is 0 Å². The number of rotatable bonds is 4. The van der Waals surface area contributed by atoms with Crippen LogP contribution in [0.4, 0.5) is 0 Å². The zero-order valence-corrected chi connectivity index (χ0v) is 9.71. The molecule has 13 heavy (non-hydrogen) atoms. The van der Waals surface area contributed by atoms with E-state index in [9.17, 15) is 4.57 Å². The van der Waals surface area contributed by atoms with Gasteiger partial charge in [0.15, 0.2) is 5.81 Å². The van der Waals surface area contributed by atoms with E-state index in [1.54, 1.807) is 19.9 Å². The Bertz CT molecular complexity index is 245. The van der Waals surface area contributed by atoms with E-state index >= 15 is 0 Å². The van der Waals surface area contributed by atoms with Crippen LogP contribution in [0.25, 0.3) is 0 Å². The Balaban J connectivity index is 4.49. The molecule has 0 aliphatic heterocycles. The first-order valence-corrected chi connectivity index (χ1v) is 5.79. The molecule has 76 valence electrons. The van der Waals surface area contributed by atoms with Crippen molar-refractivity contribution in [3.8, 4) is 5.81 Å². The average molecular weight is 204 g/mol. The molecule has 0 rings (SSSR count). The van der Waals surface area contributed by atoms with Crippen LogP contribution in [0.3, 0.4) is 0 Å². The lowest BCUT2D eigenvalue weighted by atomic mass is 10.1. The Morgan fingerprint density at radius 3 is 2.08 bits per heavy atom. The maximum Gasteiger partial charge on any atom is 0.370 e. The third-order valence-electron chi connectivity index (χ3n) is 1.90. The van der Waals surface area contributed by atoms with Crippen molar-refractivity contribution >= 4 is 7.52 Å². The highest BCUT2D eigenvalue weighted by molar-refractivity contribution is 7.61. The predicted octanol–water partition coefficient (Wildman–Crippen LogP) is 2.28. The molecule has 5 heteroatoms. The van der Waals surface area contributed by atoms with Gasteiger partial charge in [-0.2, -0.15) is 5.26 Å². The second kappa shape index (κ2) is 4.76. The van der Waals surface area contributed by atoms with Crippen LogP contribution in [-0.2, 0) is 9.09 Å². The van der Waals surface area contributed by atoms with Gasteiger partial charge in [0.25, 0.3) is 0 Å². The molecule has 0 aliphatic carbocycles. The molecule has 0 saturated heterocycles. The summed E-state index contributed by atoms with van der Waals surface area (Å²) in [5.41, 5.74) is 0. The lowest BCUT2D eigenvalue weighted by Gasteiger charge is -2.23. The van der Waals surface area contributed by atoms with Gasteiger partial charge in [-0.1, -0.05) is 13.8 Å². The first-order valence-electron chi connectivity index (χ1n) is 4.21. The van der Waals surface area contributed by atoms with E-state index in [4.69, 9.17) is 9.79 Å². The lowest BCUT2D eigenvalue weighted by Crippen LogP contribution is -2.19. The topological polar surface area (TPSA) is 53.3 Å². The summed E-state index contributed by atoms with van der Waals surface area (Å²) >= 11 is 0. The van der Waals surface area contributed by atoms with Crippen LogP contribution >= 0.6 is 7.52 Å². The van der Waals surface area contributed by atoms with Crippen LogP contribution in [0, 0.1) is 17.0 Å². The summed E-state index contributed by atoms with van der Waals surface area (Å²) in [7, 11) is -0.0825. The molecule has 0 radical (unpaired) electrons. The van der Waals surface area contributed by atoms with Crippen LogP contribution in [0.1, 0.15) is 20.8 Å². The predicted molar refractivity (Wildman–Crippen MR) is 52.3 cm³/mol. The Morgan fingerprint density at radius 1 is 1.38 bits per heavy atom. The van der Waals surface area contributed by atoms with Crippen molar-refractivity contribution in [2.24, 2.45) is 5.92 Å². The van der Waals surface area contributed by atoms with E-state index in [0.29, 0.717) is 0 Å². The summed E-state index contributed by atoms with van der Waals surface area (Å²) in [4.78, 5) is 0. The van der Waals surface area contributed by atoms with Crippen LogP contribution in [-0.4, -0.2) is 24.9 Å². The first kappa shape index (κ1) is 12.6. The van der Waals surface area contributed by atoms with Crippen molar-refractivity contribution in [2.45, 2.75) is 26.9 Å². The molecule has 0 aliphatic rings. The van der Waals surface area contributed by atoms with Gasteiger partial charge >= 0.3 is 7.52 Å². The number of hydrogen-bond donors (Lipinski definition) is 0. The fraction of sp³-hybridized carbons (Fsp3) is 0.875.